The van der Waals surface area contributed by atoms with Crippen LogP contribution in [0.1, 0.15) is 37.9 Å². The highest BCUT2D eigenvalue weighted by Crippen LogP contribution is 2.23. The monoisotopic (exact) mass is 434 g/mol. The number of amides is 2. The quantitative estimate of drug-likeness (QED) is 0.379. The second kappa shape index (κ2) is 10.1. The average molecular weight is 435 g/mol. The molecule has 1 aromatic heterocycles. The molecule has 8 heteroatoms. The van der Waals surface area contributed by atoms with Crippen molar-refractivity contribution < 1.29 is 9.18 Å². The first kappa shape index (κ1) is 21.5. The fraction of sp³-hybridized carbons (Fsp3) is 0.292. The fourth-order valence-corrected chi connectivity index (χ4v) is 3.77. The molecular weight excluding hydrogens is 407 g/mol. The molecule has 1 aliphatic carbocycles. The van der Waals surface area contributed by atoms with Crippen LogP contribution in [0.4, 0.5) is 37.9 Å². The largest absolute Gasteiger partial charge is 0.367 e. The molecule has 1 saturated carbocycles. The second-order valence-corrected chi connectivity index (χ2v) is 7.95. The zero-order valence-corrected chi connectivity index (χ0v) is 18.0. The lowest BCUT2D eigenvalue weighted by Gasteiger charge is -2.23. The second-order valence-electron chi connectivity index (χ2n) is 7.95. The summed E-state index contributed by atoms with van der Waals surface area (Å²) in [5.41, 5.74) is 1.99. The van der Waals surface area contributed by atoms with E-state index in [2.05, 4.69) is 31.2 Å². The fourth-order valence-electron chi connectivity index (χ4n) is 3.77. The molecule has 0 unspecified atom stereocenters. The van der Waals surface area contributed by atoms with Gasteiger partial charge in [-0.3, -0.25) is 0 Å². The molecule has 0 aliphatic heterocycles. The number of carbonyl (C=O) groups excluding carboxylic acids is 1. The van der Waals surface area contributed by atoms with E-state index in [1.54, 1.807) is 12.1 Å². The Labute approximate surface area is 186 Å². The number of hydrogen-bond acceptors (Lipinski definition) is 5. The number of benzene rings is 2. The Morgan fingerprint density at radius 1 is 0.844 bits per heavy atom. The van der Waals surface area contributed by atoms with Crippen molar-refractivity contribution in [3.63, 3.8) is 0 Å². The minimum atomic E-state index is -0.401. The Hall–Kier alpha value is -3.68. The first-order chi connectivity index (χ1) is 15.5. The van der Waals surface area contributed by atoms with Gasteiger partial charge in [-0.2, -0.15) is 0 Å². The Kier molecular flexibility index (Phi) is 6.79. The molecule has 7 nitrogen and oxygen atoms in total. The maximum atomic E-state index is 13.0. The zero-order chi connectivity index (χ0) is 22.3. The lowest BCUT2D eigenvalue weighted by molar-refractivity contribution is 0.262. The molecule has 3 aromatic rings. The molecule has 2 amide bonds. The van der Waals surface area contributed by atoms with Crippen molar-refractivity contribution in [3.8, 4) is 0 Å². The maximum absolute atomic E-state index is 13.0. The normalized spacial score (nSPS) is 13.9. The molecule has 4 rings (SSSR count). The van der Waals surface area contributed by atoms with Crippen LogP contribution in [0, 0.1) is 12.7 Å². The van der Waals surface area contributed by atoms with E-state index < -0.39 is 6.03 Å². The molecule has 4 N–H and O–H groups in total. The van der Waals surface area contributed by atoms with Crippen LogP contribution in [0.5, 0.6) is 0 Å². The van der Waals surface area contributed by atoms with Gasteiger partial charge >= 0.3 is 6.03 Å². The molecule has 1 heterocycles. The van der Waals surface area contributed by atoms with Crippen LogP contribution >= 0.6 is 0 Å². The van der Waals surface area contributed by atoms with Gasteiger partial charge in [0.25, 0.3) is 0 Å². The summed E-state index contributed by atoms with van der Waals surface area (Å²) in [5, 5.41) is 12.2. The van der Waals surface area contributed by atoms with Crippen molar-refractivity contribution in [2.75, 3.05) is 21.3 Å². The van der Waals surface area contributed by atoms with Crippen LogP contribution in [0.15, 0.2) is 54.6 Å². The van der Waals surface area contributed by atoms with Gasteiger partial charge in [0.1, 0.15) is 23.3 Å². The Morgan fingerprint density at radius 2 is 1.41 bits per heavy atom. The molecule has 0 atom stereocenters. The average Bonchev–Trinajstić information content (AvgIpc) is 2.77. The summed E-state index contributed by atoms with van der Waals surface area (Å²) in [6, 6.07) is 14.9. The summed E-state index contributed by atoms with van der Waals surface area (Å²) in [6.45, 7) is 1.88. The van der Waals surface area contributed by atoms with Crippen molar-refractivity contribution >= 4 is 34.7 Å². The van der Waals surface area contributed by atoms with Gasteiger partial charge in [-0.15, -0.1) is 0 Å². The molecule has 166 valence electrons. The van der Waals surface area contributed by atoms with Gasteiger partial charge in [0.05, 0.1) is 0 Å². The van der Waals surface area contributed by atoms with Gasteiger partial charge in [0, 0.05) is 29.2 Å². The standard InChI is InChI=1S/C24H27FN6O/c1-16-26-22(28-18-5-3-2-4-6-18)15-23(27-16)29-19-11-13-21(14-12-19)31-24(32)30-20-9-7-17(25)8-10-20/h7-15,18H,2-6H2,1H3,(H2,30,31,32)(H2,26,27,28,29). The van der Waals surface area contributed by atoms with Crippen LogP contribution in [0.2, 0.25) is 0 Å². The molecule has 1 fully saturated rings. The summed E-state index contributed by atoms with van der Waals surface area (Å²) in [4.78, 5) is 21.1. The summed E-state index contributed by atoms with van der Waals surface area (Å²) < 4.78 is 13.0. The number of anilines is 5. The van der Waals surface area contributed by atoms with E-state index in [4.69, 9.17) is 0 Å². The number of urea groups is 1. The number of halogens is 1. The van der Waals surface area contributed by atoms with Crippen LogP contribution in [-0.4, -0.2) is 22.0 Å². The SMILES string of the molecule is Cc1nc(Nc2ccc(NC(=O)Nc3ccc(F)cc3)cc2)cc(NC2CCCCC2)n1. The highest BCUT2D eigenvalue weighted by atomic mass is 19.1. The number of aryl methyl sites for hydroxylation is 1. The smallest absolute Gasteiger partial charge is 0.323 e. The van der Waals surface area contributed by atoms with E-state index in [0.29, 0.717) is 29.1 Å². The van der Waals surface area contributed by atoms with E-state index in [1.807, 2.05) is 25.1 Å². The van der Waals surface area contributed by atoms with Crippen molar-refractivity contribution in [1.29, 1.82) is 0 Å². The van der Waals surface area contributed by atoms with Crippen molar-refractivity contribution in [2.45, 2.75) is 45.1 Å². The van der Waals surface area contributed by atoms with Gasteiger partial charge in [-0.1, -0.05) is 19.3 Å². The van der Waals surface area contributed by atoms with Crippen LogP contribution in [0.25, 0.3) is 0 Å². The van der Waals surface area contributed by atoms with Crippen LogP contribution in [-0.2, 0) is 0 Å². The van der Waals surface area contributed by atoms with Crippen LogP contribution < -0.4 is 21.3 Å². The molecule has 2 aromatic carbocycles. The number of rotatable bonds is 6. The predicted octanol–water partition coefficient (Wildman–Crippen LogP) is 6.06. The number of nitrogens with zero attached hydrogens (tertiary/aromatic N) is 2. The summed E-state index contributed by atoms with van der Waals surface area (Å²) in [5.74, 6) is 1.90. The molecule has 0 radical (unpaired) electrons. The maximum Gasteiger partial charge on any atom is 0.323 e. The molecule has 32 heavy (non-hydrogen) atoms. The third kappa shape index (κ3) is 6.16. The predicted molar refractivity (Wildman–Crippen MR) is 126 cm³/mol. The summed E-state index contributed by atoms with van der Waals surface area (Å²) >= 11 is 0. The van der Waals surface area contributed by atoms with Crippen molar-refractivity contribution in [2.24, 2.45) is 0 Å². The van der Waals surface area contributed by atoms with Crippen LogP contribution in [0.3, 0.4) is 0 Å². The molecular formula is C24H27FN6O. The highest BCUT2D eigenvalue weighted by Gasteiger charge is 2.14. The molecule has 0 saturated heterocycles. The van der Waals surface area contributed by atoms with E-state index in [1.165, 1.54) is 56.4 Å². The van der Waals surface area contributed by atoms with E-state index in [9.17, 15) is 9.18 Å². The lowest BCUT2D eigenvalue weighted by atomic mass is 9.95. The summed E-state index contributed by atoms with van der Waals surface area (Å²) in [6.07, 6.45) is 6.18. The molecule has 0 spiro atoms. The Morgan fingerprint density at radius 3 is 2.06 bits per heavy atom. The third-order valence-electron chi connectivity index (χ3n) is 5.31. The highest BCUT2D eigenvalue weighted by molar-refractivity contribution is 5.99. The van der Waals surface area contributed by atoms with E-state index >= 15 is 0 Å². The van der Waals surface area contributed by atoms with Gasteiger partial charge in [0.15, 0.2) is 0 Å². The van der Waals surface area contributed by atoms with Gasteiger partial charge < -0.3 is 21.3 Å². The third-order valence-corrected chi connectivity index (χ3v) is 5.31. The molecule has 0 bridgehead atoms. The van der Waals surface area contributed by atoms with E-state index in [0.717, 1.165) is 11.5 Å². The van der Waals surface area contributed by atoms with Gasteiger partial charge in [0.2, 0.25) is 0 Å². The Bertz CT molecular complexity index is 1050. The first-order valence-electron chi connectivity index (χ1n) is 10.9. The number of aromatic nitrogens is 2. The van der Waals surface area contributed by atoms with E-state index in [-0.39, 0.29) is 5.82 Å². The lowest BCUT2D eigenvalue weighted by Crippen LogP contribution is -2.23. The van der Waals surface area contributed by atoms with Gasteiger partial charge in [-0.25, -0.2) is 19.2 Å². The summed E-state index contributed by atoms with van der Waals surface area (Å²) in [7, 11) is 0. The number of hydrogen-bond donors (Lipinski definition) is 4. The van der Waals surface area contributed by atoms with Crippen molar-refractivity contribution in [3.05, 3.63) is 66.2 Å². The minimum absolute atomic E-state index is 0.352. The number of carbonyl (C=O) groups is 1. The van der Waals surface area contributed by atoms with Gasteiger partial charge in [-0.05, 0) is 68.3 Å². The van der Waals surface area contributed by atoms with Crippen molar-refractivity contribution in [1.82, 2.24) is 9.97 Å². The first-order valence-corrected chi connectivity index (χ1v) is 10.9. The number of nitrogens with one attached hydrogen (secondary N) is 4. The topological polar surface area (TPSA) is 91.0 Å². The molecule has 1 aliphatic rings. The minimum Gasteiger partial charge on any atom is -0.367 e. The zero-order valence-electron chi connectivity index (χ0n) is 18.0. The Balaban J connectivity index is 1.34.